The highest BCUT2D eigenvalue weighted by atomic mass is 35.5. The molecule has 2 aromatic carbocycles. The molecule has 2 rings (SSSR count). The SMILES string of the molecule is CCNC(=O)[C@@H](C)N(Cc1ccc(Cl)cc1)C(=O)CCCN(c1cc(Cl)ccc1Cl)S(C)(=O)=O. The Morgan fingerprint density at radius 3 is 2.24 bits per heavy atom. The van der Waals surface area contributed by atoms with Gasteiger partial charge < -0.3 is 10.2 Å². The number of likely N-dealkylation sites (N-methyl/N-ethyl adjacent to an activating group) is 1. The van der Waals surface area contributed by atoms with Crippen LogP contribution in [-0.2, 0) is 26.2 Å². The first-order valence-electron chi connectivity index (χ1n) is 10.7. The lowest BCUT2D eigenvalue weighted by atomic mass is 10.1. The molecular formula is C23H28Cl3N3O4S. The van der Waals surface area contributed by atoms with Crippen LogP contribution in [-0.4, -0.2) is 50.5 Å². The summed E-state index contributed by atoms with van der Waals surface area (Å²) in [6, 6.07) is 10.9. The second kappa shape index (κ2) is 12.6. The topological polar surface area (TPSA) is 86.8 Å². The fraction of sp³-hybridized carbons (Fsp3) is 0.391. The molecule has 1 N–H and O–H groups in total. The van der Waals surface area contributed by atoms with Crippen LogP contribution in [0.3, 0.4) is 0 Å². The van der Waals surface area contributed by atoms with Crippen molar-refractivity contribution in [2.75, 3.05) is 23.7 Å². The second-order valence-corrected chi connectivity index (χ2v) is 10.9. The summed E-state index contributed by atoms with van der Waals surface area (Å²) >= 11 is 18.2. The van der Waals surface area contributed by atoms with Crippen LogP contribution in [0.4, 0.5) is 5.69 Å². The standard InChI is InChI=1S/C23H28Cl3N3O4S/c1-4-27-23(31)16(2)28(15-17-7-9-18(24)10-8-17)22(30)6-5-13-29(34(3,32)33)21-14-19(25)11-12-20(21)26/h7-12,14,16H,4-6,13,15H2,1-3H3,(H,27,31)/t16-/m1/s1. The van der Waals surface area contributed by atoms with E-state index in [1.54, 1.807) is 44.2 Å². The number of amides is 2. The van der Waals surface area contributed by atoms with E-state index in [0.29, 0.717) is 16.6 Å². The largest absolute Gasteiger partial charge is 0.355 e. The predicted octanol–water partition coefficient (Wildman–Crippen LogP) is 4.75. The van der Waals surface area contributed by atoms with Gasteiger partial charge in [-0.15, -0.1) is 0 Å². The molecule has 0 unspecified atom stereocenters. The number of rotatable bonds is 11. The lowest BCUT2D eigenvalue weighted by Gasteiger charge is -2.29. The van der Waals surface area contributed by atoms with Crippen molar-refractivity contribution in [1.82, 2.24) is 10.2 Å². The summed E-state index contributed by atoms with van der Waals surface area (Å²) in [5.74, 6) is -0.548. The van der Waals surface area contributed by atoms with Crippen LogP contribution >= 0.6 is 34.8 Å². The molecule has 0 aliphatic carbocycles. The average Bonchev–Trinajstić information content (AvgIpc) is 2.77. The molecule has 0 radical (unpaired) electrons. The lowest BCUT2D eigenvalue weighted by molar-refractivity contribution is -0.140. The van der Waals surface area contributed by atoms with Gasteiger partial charge in [0.15, 0.2) is 0 Å². The van der Waals surface area contributed by atoms with Crippen molar-refractivity contribution in [2.24, 2.45) is 0 Å². The maximum absolute atomic E-state index is 13.2. The zero-order valence-corrected chi connectivity index (χ0v) is 22.3. The molecule has 11 heteroatoms. The number of anilines is 1. The maximum Gasteiger partial charge on any atom is 0.242 e. The molecule has 0 fully saturated rings. The van der Waals surface area contributed by atoms with Gasteiger partial charge in [0.05, 0.1) is 17.0 Å². The number of nitrogens with zero attached hydrogens (tertiary/aromatic N) is 2. The molecule has 0 heterocycles. The van der Waals surface area contributed by atoms with Gasteiger partial charge in [-0.1, -0.05) is 46.9 Å². The van der Waals surface area contributed by atoms with Gasteiger partial charge in [0.2, 0.25) is 21.8 Å². The monoisotopic (exact) mass is 547 g/mol. The molecule has 2 aromatic rings. The summed E-state index contributed by atoms with van der Waals surface area (Å²) in [7, 11) is -3.68. The van der Waals surface area contributed by atoms with Crippen LogP contribution in [0.2, 0.25) is 15.1 Å². The molecule has 7 nitrogen and oxygen atoms in total. The van der Waals surface area contributed by atoms with Crippen molar-refractivity contribution in [1.29, 1.82) is 0 Å². The molecule has 0 saturated heterocycles. The third kappa shape index (κ3) is 8.05. The number of benzene rings is 2. The molecule has 0 bridgehead atoms. The van der Waals surface area contributed by atoms with E-state index >= 15 is 0 Å². The zero-order chi connectivity index (χ0) is 25.5. The molecule has 0 spiro atoms. The van der Waals surface area contributed by atoms with Gasteiger partial charge in [0, 0.05) is 36.1 Å². The van der Waals surface area contributed by atoms with Crippen molar-refractivity contribution in [2.45, 2.75) is 39.3 Å². The Morgan fingerprint density at radius 2 is 1.65 bits per heavy atom. The van der Waals surface area contributed by atoms with E-state index in [9.17, 15) is 18.0 Å². The third-order valence-corrected chi connectivity index (χ3v) is 7.10. The van der Waals surface area contributed by atoms with Crippen LogP contribution in [0.15, 0.2) is 42.5 Å². The minimum Gasteiger partial charge on any atom is -0.355 e. The first-order valence-corrected chi connectivity index (χ1v) is 13.7. The van der Waals surface area contributed by atoms with Crippen molar-refractivity contribution in [3.05, 3.63) is 63.1 Å². The van der Waals surface area contributed by atoms with Crippen molar-refractivity contribution >= 4 is 62.3 Å². The summed E-state index contributed by atoms with van der Waals surface area (Å²) in [4.78, 5) is 27.1. The Hall–Kier alpha value is -2.00. The van der Waals surface area contributed by atoms with Crippen molar-refractivity contribution < 1.29 is 18.0 Å². The molecule has 0 saturated carbocycles. The number of carbonyl (C=O) groups excluding carboxylic acids is 2. The molecule has 0 aliphatic rings. The highest BCUT2D eigenvalue weighted by molar-refractivity contribution is 7.92. The number of carbonyl (C=O) groups is 2. The summed E-state index contributed by atoms with van der Waals surface area (Å²) in [6.45, 7) is 4.14. The van der Waals surface area contributed by atoms with Crippen LogP contribution in [0.1, 0.15) is 32.3 Å². The van der Waals surface area contributed by atoms with Gasteiger partial charge in [-0.25, -0.2) is 8.42 Å². The second-order valence-electron chi connectivity index (χ2n) is 7.75. The molecule has 186 valence electrons. The van der Waals surface area contributed by atoms with Gasteiger partial charge in [0.25, 0.3) is 0 Å². The summed E-state index contributed by atoms with van der Waals surface area (Å²) in [5.41, 5.74) is 1.06. The smallest absolute Gasteiger partial charge is 0.242 e. The third-order valence-electron chi connectivity index (χ3n) is 5.11. The molecule has 0 aromatic heterocycles. The first-order chi connectivity index (χ1) is 15.9. The highest BCUT2D eigenvalue weighted by Crippen LogP contribution is 2.31. The van der Waals surface area contributed by atoms with E-state index in [1.165, 1.54) is 17.0 Å². The molecule has 2 amide bonds. The van der Waals surface area contributed by atoms with Gasteiger partial charge in [-0.2, -0.15) is 0 Å². The van der Waals surface area contributed by atoms with Crippen LogP contribution in [0.25, 0.3) is 0 Å². The van der Waals surface area contributed by atoms with Crippen LogP contribution in [0, 0.1) is 0 Å². The number of hydrogen-bond acceptors (Lipinski definition) is 4. The Kier molecular flexibility index (Phi) is 10.5. The van der Waals surface area contributed by atoms with Crippen molar-refractivity contribution in [3.63, 3.8) is 0 Å². The van der Waals surface area contributed by atoms with Gasteiger partial charge in [0.1, 0.15) is 6.04 Å². The van der Waals surface area contributed by atoms with E-state index < -0.39 is 16.1 Å². The van der Waals surface area contributed by atoms with E-state index in [2.05, 4.69) is 5.32 Å². The first kappa shape index (κ1) is 28.2. The number of nitrogens with one attached hydrogen (secondary N) is 1. The van der Waals surface area contributed by atoms with Crippen molar-refractivity contribution in [3.8, 4) is 0 Å². The van der Waals surface area contributed by atoms with E-state index in [0.717, 1.165) is 16.1 Å². The summed E-state index contributed by atoms with van der Waals surface area (Å²) in [5, 5.41) is 3.88. The average molecular weight is 549 g/mol. The lowest BCUT2D eigenvalue weighted by Crippen LogP contribution is -2.47. The summed E-state index contributed by atoms with van der Waals surface area (Å²) < 4.78 is 25.9. The van der Waals surface area contributed by atoms with Crippen LogP contribution in [0.5, 0.6) is 0 Å². The Labute approximate surface area is 216 Å². The molecular weight excluding hydrogens is 521 g/mol. The van der Waals surface area contributed by atoms with E-state index in [4.69, 9.17) is 34.8 Å². The fourth-order valence-electron chi connectivity index (χ4n) is 3.35. The zero-order valence-electron chi connectivity index (χ0n) is 19.2. The fourth-order valence-corrected chi connectivity index (χ4v) is 4.88. The molecule has 34 heavy (non-hydrogen) atoms. The Balaban J connectivity index is 2.18. The minimum atomic E-state index is -3.68. The quantitative estimate of drug-likeness (QED) is 0.439. The maximum atomic E-state index is 13.2. The predicted molar refractivity (Wildman–Crippen MR) is 138 cm³/mol. The normalized spacial score (nSPS) is 12.2. The number of halogens is 3. The number of sulfonamides is 1. The van der Waals surface area contributed by atoms with Gasteiger partial charge >= 0.3 is 0 Å². The highest BCUT2D eigenvalue weighted by Gasteiger charge is 2.26. The Bertz CT molecular complexity index is 1110. The Morgan fingerprint density at radius 1 is 1.03 bits per heavy atom. The molecule has 0 aliphatic heterocycles. The molecule has 1 atom stereocenters. The minimum absolute atomic E-state index is 0.0228. The number of hydrogen-bond donors (Lipinski definition) is 1. The van der Waals surface area contributed by atoms with E-state index in [-0.39, 0.29) is 48.5 Å². The van der Waals surface area contributed by atoms with Gasteiger partial charge in [-0.05, 0) is 56.2 Å². The van der Waals surface area contributed by atoms with Crippen LogP contribution < -0.4 is 9.62 Å². The van der Waals surface area contributed by atoms with Gasteiger partial charge in [-0.3, -0.25) is 13.9 Å². The summed E-state index contributed by atoms with van der Waals surface area (Å²) in [6.07, 6.45) is 1.31. The van der Waals surface area contributed by atoms with E-state index in [1.807, 2.05) is 0 Å².